The quantitative estimate of drug-likeness (QED) is 0.136. The Bertz CT molecular complexity index is 4370. The zero-order chi connectivity index (χ0) is 52.9. The summed E-state index contributed by atoms with van der Waals surface area (Å²) < 4.78 is 4.74. The largest absolute Gasteiger partial charge is 0.309 e. The van der Waals surface area contributed by atoms with Crippen LogP contribution in [0.5, 0.6) is 0 Å². The maximum absolute atomic E-state index is 5.45. The Kier molecular flexibility index (Phi) is 11.3. The molecule has 15 aromatic rings. The fourth-order valence-electron chi connectivity index (χ4n) is 11.4. The average Bonchev–Trinajstić information content (AvgIpc) is 4.23. The zero-order valence-electron chi connectivity index (χ0n) is 43.1. The van der Waals surface area contributed by atoms with E-state index in [4.69, 9.17) is 29.9 Å². The van der Waals surface area contributed by atoms with E-state index in [0.717, 1.165) is 111 Å². The monoisotopic (exact) mass is 1020 g/mol. The number of nitrogens with zero attached hydrogens (tertiary/aromatic N) is 8. The minimum absolute atomic E-state index is 0.522. The third-order valence-corrected chi connectivity index (χ3v) is 15.0. The van der Waals surface area contributed by atoms with Crippen LogP contribution in [0.15, 0.2) is 279 Å². The molecule has 4 aromatic heterocycles. The van der Waals surface area contributed by atoms with Crippen LogP contribution in [-0.4, -0.2) is 39.0 Å². The van der Waals surface area contributed by atoms with Crippen LogP contribution in [0.4, 0.5) is 0 Å². The molecule has 374 valence electrons. The summed E-state index contributed by atoms with van der Waals surface area (Å²) in [5.74, 6) is 3.31. The Morgan fingerprint density at radius 2 is 0.475 bits per heavy atom. The molecule has 0 radical (unpaired) electrons. The molecule has 0 spiro atoms. The molecule has 8 heteroatoms. The van der Waals surface area contributed by atoms with Gasteiger partial charge in [-0.25, -0.2) is 29.9 Å². The Labute approximate surface area is 461 Å². The molecule has 0 saturated carbocycles. The van der Waals surface area contributed by atoms with Gasteiger partial charge in [-0.1, -0.05) is 218 Å². The summed E-state index contributed by atoms with van der Waals surface area (Å²) in [5, 5.41) is 4.60. The number of fused-ring (bicyclic) bond motifs is 6. The maximum Gasteiger partial charge on any atom is 0.164 e. The SMILES string of the molecule is c1ccc(-c2nc(-c3ccccc3)nc(-c3ccc(-c4nc(-c5ccccc5)nc(-c5ccccc5)n4)c(-c4ccc5c6ccccc6n(-c6ccccc6)c5c4)c3-c3ccc4c5ccccc5n(-c5ccccc5)c4c3)n2)cc1. The van der Waals surface area contributed by atoms with Crippen molar-refractivity contribution in [2.24, 2.45) is 0 Å². The highest BCUT2D eigenvalue weighted by molar-refractivity contribution is 6.13. The van der Waals surface area contributed by atoms with Gasteiger partial charge in [-0.15, -0.1) is 0 Å². The highest BCUT2D eigenvalue weighted by Crippen LogP contribution is 2.48. The normalized spacial score (nSPS) is 11.5. The van der Waals surface area contributed by atoms with Gasteiger partial charge < -0.3 is 9.13 Å². The van der Waals surface area contributed by atoms with E-state index in [-0.39, 0.29) is 0 Å². The highest BCUT2D eigenvalue weighted by atomic mass is 15.0. The lowest BCUT2D eigenvalue weighted by Gasteiger charge is -2.21. The molecule has 0 aliphatic heterocycles. The van der Waals surface area contributed by atoms with Gasteiger partial charge in [0.05, 0.1) is 22.1 Å². The Morgan fingerprint density at radius 3 is 0.812 bits per heavy atom. The van der Waals surface area contributed by atoms with Crippen LogP contribution in [0.3, 0.4) is 0 Å². The molecule has 0 aliphatic rings. The van der Waals surface area contributed by atoms with Crippen LogP contribution < -0.4 is 0 Å². The molecule has 4 heterocycles. The van der Waals surface area contributed by atoms with Gasteiger partial charge in [0, 0.05) is 77.4 Å². The molecule has 0 fully saturated rings. The molecule has 0 N–H and O–H groups in total. The molecule has 15 rings (SSSR count). The first kappa shape index (κ1) is 46.4. The average molecular weight is 1020 g/mol. The second-order valence-corrected chi connectivity index (χ2v) is 19.8. The first-order valence-corrected chi connectivity index (χ1v) is 26.8. The van der Waals surface area contributed by atoms with Crippen LogP contribution in [0.2, 0.25) is 0 Å². The van der Waals surface area contributed by atoms with Crippen molar-refractivity contribution in [2.45, 2.75) is 0 Å². The maximum atomic E-state index is 5.45. The molecule has 8 nitrogen and oxygen atoms in total. The Hall–Kier alpha value is -11.0. The number of rotatable bonds is 10. The van der Waals surface area contributed by atoms with Gasteiger partial charge in [-0.2, -0.15) is 0 Å². The van der Waals surface area contributed by atoms with Crippen molar-refractivity contribution in [3.8, 4) is 102 Å². The molecule has 80 heavy (non-hydrogen) atoms. The molecule has 0 saturated heterocycles. The van der Waals surface area contributed by atoms with Crippen molar-refractivity contribution >= 4 is 43.6 Å². The fraction of sp³-hybridized carbons (Fsp3) is 0. The number of hydrogen-bond acceptors (Lipinski definition) is 6. The zero-order valence-corrected chi connectivity index (χ0v) is 43.1. The third-order valence-electron chi connectivity index (χ3n) is 15.0. The summed E-state index contributed by atoms with van der Waals surface area (Å²) in [5.41, 5.74) is 15.3. The summed E-state index contributed by atoms with van der Waals surface area (Å²) >= 11 is 0. The topological polar surface area (TPSA) is 87.2 Å². The fourth-order valence-corrected chi connectivity index (χ4v) is 11.4. The van der Waals surface area contributed by atoms with Crippen LogP contribution in [0.1, 0.15) is 0 Å². The second kappa shape index (κ2) is 19.6. The summed E-state index contributed by atoms with van der Waals surface area (Å²) in [6.45, 7) is 0. The lowest BCUT2D eigenvalue weighted by Crippen LogP contribution is -2.04. The molecule has 0 amide bonds. The molecule has 11 aromatic carbocycles. The second-order valence-electron chi connectivity index (χ2n) is 19.8. The smallest absolute Gasteiger partial charge is 0.164 e. The highest BCUT2D eigenvalue weighted by Gasteiger charge is 2.27. The predicted octanol–water partition coefficient (Wildman–Crippen LogP) is 17.6. The first-order chi connectivity index (χ1) is 39.7. The third kappa shape index (κ3) is 8.10. The van der Waals surface area contributed by atoms with Crippen molar-refractivity contribution in [2.75, 3.05) is 0 Å². The standard InChI is InChI=1S/C72H46N8/c1-7-23-47(24-8-1)67-73-68(48-25-9-2-10-26-48)76-71(75-67)59-43-44-60(72-77-69(49-27-11-3-12-28-49)74-70(78-72)50-29-13-4-14-30-50)66(52-40-42-58-56-36-20-22-38-62(56)80(64(58)46-52)54-33-17-6-18-34-54)65(59)51-39-41-57-55-35-19-21-37-61(55)79(63(57)45-51)53-31-15-5-16-32-53/h1-46H. The van der Waals surface area contributed by atoms with Gasteiger partial charge in [-0.05, 0) is 71.8 Å². The molecular weight excluding hydrogens is 977 g/mol. The van der Waals surface area contributed by atoms with Crippen LogP contribution in [-0.2, 0) is 0 Å². The minimum atomic E-state index is 0.522. The Balaban J connectivity index is 1.11. The first-order valence-electron chi connectivity index (χ1n) is 26.8. The van der Waals surface area contributed by atoms with Crippen molar-refractivity contribution in [3.63, 3.8) is 0 Å². The van der Waals surface area contributed by atoms with Gasteiger partial charge in [0.1, 0.15) is 0 Å². The van der Waals surface area contributed by atoms with E-state index in [1.165, 1.54) is 0 Å². The number of aromatic nitrogens is 8. The minimum Gasteiger partial charge on any atom is -0.309 e. The van der Waals surface area contributed by atoms with Crippen molar-refractivity contribution in [1.29, 1.82) is 0 Å². The van der Waals surface area contributed by atoms with E-state index in [0.29, 0.717) is 34.9 Å². The van der Waals surface area contributed by atoms with Gasteiger partial charge in [-0.3, -0.25) is 0 Å². The van der Waals surface area contributed by atoms with E-state index in [1.54, 1.807) is 0 Å². The number of para-hydroxylation sites is 4. The van der Waals surface area contributed by atoms with Gasteiger partial charge in [0.15, 0.2) is 34.9 Å². The lowest BCUT2D eigenvalue weighted by molar-refractivity contribution is 1.07. The van der Waals surface area contributed by atoms with Crippen LogP contribution in [0.25, 0.3) is 146 Å². The molecule has 0 atom stereocenters. The van der Waals surface area contributed by atoms with Gasteiger partial charge in [0.25, 0.3) is 0 Å². The summed E-state index contributed by atoms with van der Waals surface area (Å²) in [7, 11) is 0. The molecule has 0 aliphatic carbocycles. The van der Waals surface area contributed by atoms with E-state index < -0.39 is 0 Å². The molecule has 0 unspecified atom stereocenters. The number of hydrogen-bond donors (Lipinski definition) is 0. The lowest BCUT2D eigenvalue weighted by atomic mass is 9.85. The predicted molar refractivity (Wildman–Crippen MR) is 325 cm³/mol. The van der Waals surface area contributed by atoms with Crippen molar-refractivity contribution in [1.82, 2.24) is 39.0 Å². The Morgan fingerprint density at radius 1 is 0.200 bits per heavy atom. The van der Waals surface area contributed by atoms with E-state index >= 15 is 0 Å². The van der Waals surface area contributed by atoms with Gasteiger partial charge >= 0.3 is 0 Å². The van der Waals surface area contributed by atoms with E-state index in [2.05, 4.69) is 215 Å². The summed E-state index contributed by atoms with van der Waals surface area (Å²) in [6, 6.07) is 97.2. The number of benzene rings is 11. The van der Waals surface area contributed by atoms with E-state index in [1.807, 2.05) is 72.8 Å². The van der Waals surface area contributed by atoms with Crippen molar-refractivity contribution in [3.05, 3.63) is 279 Å². The summed E-state index contributed by atoms with van der Waals surface area (Å²) in [6.07, 6.45) is 0. The summed E-state index contributed by atoms with van der Waals surface area (Å²) in [4.78, 5) is 32.2. The van der Waals surface area contributed by atoms with E-state index in [9.17, 15) is 0 Å². The molecular formula is C72H46N8. The van der Waals surface area contributed by atoms with Crippen molar-refractivity contribution < 1.29 is 0 Å². The van der Waals surface area contributed by atoms with Gasteiger partial charge in [0.2, 0.25) is 0 Å². The van der Waals surface area contributed by atoms with Crippen LogP contribution >= 0.6 is 0 Å². The molecule has 0 bridgehead atoms. The van der Waals surface area contributed by atoms with Crippen LogP contribution in [0, 0.1) is 0 Å².